The summed E-state index contributed by atoms with van der Waals surface area (Å²) in [6.45, 7) is 1.10. The number of amides is 2. The van der Waals surface area contributed by atoms with Crippen molar-refractivity contribution in [2.45, 2.75) is 6.42 Å². The van der Waals surface area contributed by atoms with Crippen LogP contribution >= 0.6 is 0 Å². The van der Waals surface area contributed by atoms with Crippen molar-refractivity contribution in [2.75, 3.05) is 18.2 Å². The van der Waals surface area contributed by atoms with Crippen molar-refractivity contribution >= 4 is 23.6 Å². The van der Waals surface area contributed by atoms with E-state index < -0.39 is 5.91 Å². The Bertz CT molecular complexity index is 1060. The molecule has 156 valence electrons. The Kier molecular flexibility index (Phi) is 6.28. The molecule has 0 saturated carbocycles. The van der Waals surface area contributed by atoms with Crippen molar-refractivity contribution in [1.82, 2.24) is 5.43 Å². The maximum absolute atomic E-state index is 12.6. The molecule has 0 aliphatic carbocycles. The lowest BCUT2D eigenvalue weighted by Gasteiger charge is -2.13. The summed E-state index contributed by atoms with van der Waals surface area (Å²) in [5.74, 6) is 0.758. The van der Waals surface area contributed by atoms with Crippen LogP contribution < -0.4 is 19.9 Å². The first-order valence-electron chi connectivity index (χ1n) is 10.0. The number of carbonyl (C=O) groups is 2. The molecule has 1 heterocycles. The van der Waals surface area contributed by atoms with Gasteiger partial charge < -0.3 is 9.47 Å². The van der Waals surface area contributed by atoms with Gasteiger partial charge in [0.2, 0.25) is 0 Å². The molecular formula is C25H22N2O4. The van der Waals surface area contributed by atoms with Crippen molar-refractivity contribution in [3.05, 3.63) is 96.1 Å². The number of nitrogens with one attached hydrogen (secondary N) is 1. The van der Waals surface area contributed by atoms with Crippen molar-refractivity contribution in [1.29, 1.82) is 0 Å². The molecular weight excluding hydrogens is 392 g/mol. The monoisotopic (exact) mass is 414 g/mol. The summed E-state index contributed by atoms with van der Waals surface area (Å²) >= 11 is 0. The van der Waals surface area contributed by atoms with Crippen LogP contribution in [0.4, 0.5) is 5.69 Å². The molecule has 1 aliphatic rings. The summed E-state index contributed by atoms with van der Waals surface area (Å²) in [6, 6.07) is 25.9. The number of para-hydroxylation sites is 2. The lowest BCUT2D eigenvalue weighted by Crippen LogP contribution is -2.35. The molecule has 0 bridgehead atoms. The first kappa shape index (κ1) is 20.2. The Morgan fingerprint density at radius 3 is 1.97 bits per heavy atom. The lowest BCUT2D eigenvalue weighted by molar-refractivity contribution is -0.117. The zero-order chi connectivity index (χ0) is 21.5. The highest BCUT2D eigenvalue weighted by Gasteiger charge is 2.34. The Morgan fingerprint density at radius 2 is 1.32 bits per heavy atom. The number of benzene rings is 3. The minimum Gasteiger partial charge on any atom is -0.493 e. The summed E-state index contributed by atoms with van der Waals surface area (Å²) in [6.07, 6.45) is 2.34. The standard InChI is InChI=1S/C25H22N2O4/c28-24-23(25(29)27(26-24)20-8-3-1-4-9-20)18-19-12-14-22(15-13-19)31-17-7-16-30-21-10-5-2-6-11-21/h1-6,8-15,18H,7,16-17H2,(H,26,28). The van der Waals surface area contributed by atoms with Crippen LogP contribution in [0.25, 0.3) is 6.08 Å². The molecule has 1 N–H and O–H groups in total. The van der Waals surface area contributed by atoms with Gasteiger partial charge in [-0.05, 0) is 48.0 Å². The summed E-state index contributed by atoms with van der Waals surface area (Å²) in [7, 11) is 0. The van der Waals surface area contributed by atoms with Gasteiger partial charge in [0.1, 0.15) is 17.1 Å². The molecule has 2 amide bonds. The van der Waals surface area contributed by atoms with Crippen molar-refractivity contribution in [3.63, 3.8) is 0 Å². The summed E-state index contributed by atoms with van der Waals surface area (Å²) in [5.41, 5.74) is 4.05. The topological polar surface area (TPSA) is 67.9 Å². The van der Waals surface area contributed by atoms with Crippen LogP contribution in [0, 0.1) is 0 Å². The van der Waals surface area contributed by atoms with E-state index in [0.29, 0.717) is 18.9 Å². The molecule has 6 heteroatoms. The number of anilines is 1. The van der Waals surface area contributed by atoms with Crippen molar-refractivity contribution in [3.8, 4) is 11.5 Å². The highest BCUT2D eigenvalue weighted by molar-refractivity contribution is 6.31. The molecule has 1 saturated heterocycles. The average Bonchev–Trinajstić information content (AvgIpc) is 3.09. The molecule has 0 atom stereocenters. The van der Waals surface area contributed by atoms with Gasteiger partial charge >= 0.3 is 0 Å². The second kappa shape index (κ2) is 9.63. The fraction of sp³-hybridized carbons (Fsp3) is 0.120. The first-order valence-corrected chi connectivity index (χ1v) is 10.0. The molecule has 1 fully saturated rings. The fourth-order valence-electron chi connectivity index (χ4n) is 3.10. The minimum atomic E-state index is -0.424. The molecule has 3 aromatic carbocycles. The van der Waals surface area contributed by atoms with Gasteiger partial charge in [0.15, 0.2) is 0 Å². The highest BCUT2D eigenvalue weighted by atomic mass is 16.5. The molecule has 1 aliphatic heterocycles. The SMILES string of the molecule is O=C1NN(c2ccccc2)C(=O)C1=Cc1ccc(OCCCOc2ccccc2)cc1. The van der Waals surface area contributed by atoms with Crippen LogP contribution in [0.15, 0.2) is 90.5 Å². The number of ether oxygens (including phenoxy) is 2. The van der Waals surface area contributed by atoms with Gasteiger partial charge in [-0.25, -0.2) is 5.01 Å². The number of hydrogen-bond acceptors (Lipinski definition) is 4. The van der Waals surface area contributed by atoms with Gasteiger partial charge in [0, 0.05) is 6.42 Å². The molecule has 6 nitrogen and oxygen atoms in total. The smallest absolute Gasteiger partial charge is 0.282 e. The third-order valence-electron chi connectivity index (χ3n) is 4.67. The predicted molar refractivity (Wildman–Crippen MR) is 119 cm³/mol. The van der Waals surface area contributed by atoms with E-state index in [4.69, 9.17) is 9.47 Å². The van der Waals surface area contributed by atoms with Gasteiger partial charge in [-0.2, -0.15) is 0 Å². The van der Waals surface area contributed by atoms with Crippen LogP contribution in [0.3, 0.4) is 0 Å². The van der Waals surface area contributed by atoms with Crippen LogP contribution in [-0.2, 0) is 9.59 Å². The van der Waals surface area contributed by atoms with E-state index in [2.05, 4.69) is 5.43 Å². The second-order valence-electron chi connectivity index (χ2n) is 6.91. The Hall–Kier alpha value is -4.06. The van der Waals surface area contributed by atoms with E-state index >= 15 is 0 Å². The highest BCUT2D eigenvalue weighted by Crippen LogP contribution is 2.22. The van der Waals surface area contributed by atoms with Crippen LogP contribution in [0.1, 0.15) is 12.0 Å². The number of rotatable bonds is 8. The third kappa shape index (κ3) is 5.11. The quantitative estimate of drug-likeness (QED) is 0.344. The number of hydrazine groups is 1. The second-order valence-corrected chi connectivity index (χ2v) is 6.91. The normalized spacial score (nSPS) is 14.6. The van der Waals surface area contributed by atoms with E-state index in [1.165, 1.54) is 5.01 Å². The van der Waals surface area contributed by atoms with E-state index in [1.807, 2.05) is 72.8 Å². The number of hydrogen-bond donors (Lipinski definition) is 1. The molecule has 3 aromatic rings. The van der Waals surface area contributed by atoms with E-state index in [-0.39, 0.29) is 11.5 Å². The molecule has 4 rings (SSSR count). The van der Waals surface area contributed by atoms with Gasteiger partial charge in [0.05, 0.1) is 18.9 Å². The Morgan fingerprint density at radius 1 is 0.742 bits per heavy atom. The zero-order valence-electron chi connectivity index (χ0n) is 16.9. The maximum atomic E-state index is 12.6. The number of carbonyl (C=O) groups excluding carboxylic acids is 2. The molecule has 31 heavy (non-hydrogen) atoms. The predicted octanol–water partition coefficient (Wildman–Crippen LogP) is 4.00. The summed E-state index contributed by atoms with van der Waals surface area (Å²) in [4.78, 5) is 24.9. The van der Waals surface area contributed by atoms with E-state index in [9.17, 15) is 9.59 Å². The van der Waals surface area contributed by atoms with Gasteiger partial charge in [0.25, 0.3) is 11.8 Å². The maximum Gasteiger partial charge on any atom is 0.282 e. The van der Waals surface area contributed by atoms with Crippen LogP contribution in [-0.4, -0.2) is 25.0 Å². The first-order chi connectivity index (χ1) is 15.2. The minimum absolute atomic E-state index is 0.0931. The Balaban J connectivity index is 1.30. The summed E-state index contributed by atoms with van der Waals surface area (Å²) in [5, 5.41) is 1.25. The van der Waals surface area contributed by atoms with Crippen molar-refractivity contribution < 1.29 is 19.1 Å². The largest absolute Gasteiger partial charge is 0.493 e. The average molecular weight is 414 g/mol. The number of nitrogens with zero attached hydrogens (tertiary/aromatic N) is 1. The lowest BCUT2D eigenvalue weighted by atomic mass is 10.1. The fourth-order valence-corrected chi connectivity index (χ4v) is 3.10. The summed E-state index contributed by atoms with van der Waals surface area (Å²) < 4.78 is 11.4. The Labute approximate surface area is 180 Å². The molecule has 0 spiro atoms. The molecule has 0 unspecified atom stereocenters. The van der Waals surface area contributed by atoms with Crippen LogP contribution in [0.2, 0.25) is 0 Å². The molecule has 0 aromatic heterocycles. The molecule has 0 radical (unpaired) electrons. The van der Waals surface area contributed by atoms with Gasteiger partial charge in [-0.3, -0.25) is 15.0 Å². The van der Waals surface area contributed by atoms with E-state index in [1.54, 1.807) is 18.2 Å². The van der Waals surface area contributed by atoms with Gasteiger partial charge in [-0.15, -0.1) is 0 Å². The van der Waals surface area contributed by atoms with Gasteiger partial charge in [-0.1, -0.05) is 48.5 Å². The van der Waals surface area contributed by atoms with E-state index in [0.717, 1.165) is 23.5 Å². The zero-order valence-corrected chi connectivity index (χ0v) is 16.9. The third-order valence-corrected chi connectivity index (χ3v) is 4.67. The van der Waals surface area contributed by atoms with Crippen molar-refractivity contribution in [2.24, 2.45) is 0 Å². The van der Waals surface area contributed by atoms with Crippen LogP contribution in [0.5, 0.6) is 11.5 Å².